The Morgan fingerprint density at radius 2 is 2.11 bits per heavy atom. The number of hydrogen-bond acceptors (Lipinski definition) is 5. The minimum absolute atomic E-state index is 0.0198. The van der Waals surface area contributed by atoms with E-state index in [1.54, 1.807) is 6.20 Å². The Bertz CT molecular complexity index is 979. The molecular formula is C20H21N5O2. The van der Waals surface area contributed by atoms with Gasteiger partial charge in [-0.2, -0.15) is 5.10 Å². The van der Waals surface area contributed by atoms with Crippen molar-refractivity contribution in [2.45, 2.75) is 25.6 Å². The quantitative estimate of drug-likeness (QED) is 0.714. The molecule has 1 unspecified atom stereocenters. The average Bonchev–Trinajstić information content (AvgIpc) is 3.38. The number of carbonyl (C=O) groups excluding carboxylic acids is 1. The summed E-state index contributed by atoms with van der Waals surface area (Å²) < 4.78 is 1.84. The zero-order valence-corrected chi connectivity index (χ0v) is 15.0. The SMILES string of the molecule is O=C(C1CN(Cc2ccc3ccccc3n2)Cc2ccnn21)N1CCCO1. The highest BCUT2D eigenvalue weighted by Gasteiger charge is 2.35. The minimum atomic E-state index is -0.359. The van der Waals surface area contributed by atoms with Gasteiger partial charge in [0, 0.05) is 31.2 Å². The summed E-state index contributed by atoms with van der Waals surface area (Å²) >= 11 is 0. The molecule has 1 amide bonds. The van der Waals surface area contributed by atoms with Gasteiger partial charge in [0.05, 0.1) is 30.1 Å². The van der Waals surface area contributed by atoms with Gasteiger partial charge in [-0.25, -0.2) is 5.06 Å². The molecule has 27 heavy (non-hydrogen) atoms. The normalized spacial score (nSPS) is 20.1. The van der Waals surface area contributed by atoms with Crippen LogP contribution in [0, 0.1) is 0 Å². The topological polar surface area (TPSA) is 63.5 Å². The number of rotatable bonds is 3. The van der Waals surface area contributed by atoms with Crippen molar-refractivity contribution in [2.24, 2.45) is 0 Å². The Labute approximate surface area is 157 Å². The first-order valence-corrected chi connectivity index (χ1v) is 9.32. The first-order valence-electron chi connectivity index (χ1n) is 9.32. The third-order valence-corrected chi connectivity index (χ3v) is 5.19. The van der Waals surface area contributed by atoms with E-state index >= 15 is 0 Å². The molecule has 0 spiro atoms. The van der Waals surface area contributed by atoms with Crippen LogP contribution in [0.1, 0.15) is 23.9 Å². The molecule has 0 bridgehead atoms. The molecule has 2 aliphatic rings. The fourth-order valence-electron chi connectivity index (χ4n) is 3.88. The molecule has 2 aliphatic heterocycles. The molecule has 1 aromatic carbocycles. The molecule has 3 aromatic rings. The van der Waals surface area contributed by atoms with Crippen molar-refractivity contribution < 1.29 is 9.63 Å². The van der Waals surface area contributed by atoms with Crippen LogP contribution in [0.2, 0.25) is 0 Å². The fourth-order valence-corrected chi connectivity index (χ4v) is 3.88. The molecule has 7 heteroatoms. The number of aromatic nitrogens is 3. The van der Waals surface area contributed by atoms with E-state index < -0.39 is 0 Å². The van der Waals surface area contributed by atoms with E-state index in [1.807, 2.05) is 28.9 Å². The van der Waals surface area contributed by atoms with Gasteiger partial charge >= 0.3 is 0 Å². The lowest BCUT2D eigenvalue weighted by molar-refractivity contribution is -0.174. The third-order valence-electron chi connectivity index (χ3n) is 5.19. The van der Waals surface area contributed by atoms with Crippen LogP contribution in [0.15, 0.2) is 48.7 Å². The van der Waals surface area contributed by atoms with Crippen LogP contribution in [-0.4, -0.2) is 50.3 Å². The molecule has 1 saturated heterocycles. The second-order valence-electron chi connectivity index (χ2n) is 7.07. The van der Waals surface area contributed by atoms with Crippen molar-refractivity contribution in [2.75, 3.05) is 19.7 Å². The van der Waals surface area contributed by atoms with Crippen molar-refractivity contribution in [3.05, 3.63) is 60.0 Å². The van der Waals surface area contributed by atoms with Gasteiger partial charge in [0.1, 0.15) is 6.04 Å². The molecule has 0 radical (unpaired) electrons. The highest BCUT2D eigenvalue weighted by atomic mass is 16.7. The van der Waals surface area contributed by atoms with Crippen LogP contribution in [0.3, 0.4) is 0 Å². The van der Waals surface area contributed by atoms with Gasteiger partial charge in [-0.05, 0) is 24.6 Å². The molecule has 138 valence electrons. The maximum absolute atomic E-state index is 12.9. The minimum Gasteiger partial charge on any atom is -0.289 e. The molecule has 0 aliphatic carbocycles. The maximum atomic E-state index is 12.9. The molecule has 1 fully saturated rings. The monoisotopic (exact) mass is 363 g/mol. The van der Waals surface area contributed by atoms with Gasteiger partial charge in [-0.1, -0.05) is 24.3 Å². The van der Waals surface area contributed by atoms with Crippen LogP contribution >= 0.6 is 0 Å². The Morgan fingerprint density at radius 1 is 1.19 bits per heavy atom. The Balaban J connectivity index is 1.39. The highest BCUT2D eigenvalue weighted by molar-refractivity contribution is 5.80. The molecule has 0 N–H and O–H groups in total. The lowest BCUT2D eigenvalue weighted by Crippen LogP contribution is -2.45. The summed E-state index contributed by atoms with van der Waals surface area (Å²) in [4.78, 5) is 25.4. The summed E-state index contributed by atoms with van der Waals surface area (Å²) in [6.07, 6.45) is 2.65. The molecule has 4 heterocycles. The zero-order valence-electron chi connectivity index (χ0n) is 15.0. The number of para-hydroxylation sites is 1. The molecular weight excluding hydrogens is 342 g/mol. The molecule has 2 aromatic heterocycles. The van der Waals surface area contributed by atoms with Gasteiger partial charge in [0.15, 0.2) is 0 Å². The number of benzene rings is 1. The predicted molar refractivity (Wildman–Crippen MR) is 99.4 cm³/mol. The van der Waals surface area contributed by atoms with Crippen molar-refractivity contribution in [3.8, 4) is 0 Å². The molecule has 0 saturated carbocycles. The Kier molecular flexibility index (Phi) is 4.10. The zero-order chi connectivity index (χ0) is 18.2. The van der Waals surface area contributed by atoms with E-state index in [4.69, 9.17) is 9.82 Å². The summed E-state index contributed by atoms with van der Waals surface area (Å²) in [5.74, 6) is -0.0198. The highest BCUT2D eigenvalue weighted by Crippen LogP contribution is 2.25. The van der Waals surface area contributed by atoms with E-state index in [9.17, 15) is 4.79 Å². The van der Waals surface area contributed by atoms with Crippen molar-refractivity contribution in [1.82, 2.24) is 24.7 Å². The second-order valence-corrected chi connectivity index (χ2v) is 7.07. The van der Waals surface area contributed by atoms with E-state index in [2.05, 4.69) is 28.2 Å². The van der Waals surface area contributed by atoms with Gasteiger partial charge in [0.2, 0.25) is 0 Å². The number of nitrogens with zero attached hydrogens (tertiary/aromatic N) is 5. The summed E-state index contributed by atoms with van der Waals surface area (Å²) in [6, 6.07) is 13.9. The molecule has 5 rings (SSSR count). The second kappa shape index (κ2) is 6.75. The predicted octanol–water partition coefficient (Wildman–Crippen LogP) is 2.15. The maximum Gasteiger partial charge on any atom is 0.272 e. The van der Waals surface area contributed by atoms with Gasteiger partial charge in [0.25, 0.3) is 5.91 Å². The number of hydroxylamine groups is 2. The molecule has 1 atom stereocenters. The fraction of sp³-hybridized carbons (Fsp3) is 0.350. The van der Waals surface area contributed by atoms with E-state index in [1.165, 1.54) is 5.06 Å². The summed E-state index contributed by atoms with van der Waals surface area (Å²) in [5.41, 5.74) is 3.04. The Hall–Kier alpha value is -2.77. The van der Waals surface area contributed by atoms with Crippen LogP contribution in [0.25, 0.3) is 10.9 Å². The standard InChI is InChI=1S/C20H21N5O2/c26-20(24-10-3-11-27-24)19-14-23(13-17-8-9-21-25(17)19)12-16-7-6-15-4-1-2-5-18(15)22-16/h1-2,4-9,19H,3,10-14H2. The summed E-state index contributed by atoms with van der Waals surface area (Å²) in [6.45, 7) is 3.30. The smallest absolute Gasteiger partial charge is 0.272 e. The van der Waals surface area contributed by atoms with Crippen molar-refractivity contribution in [1.29, 1.82) is 0 Å². The van der Waals surface area contributed by atoms with Crippen molar-refractivity contribution in [3.63, 3.8) is 0 Å². The average molecular weight is 363 g/mol. The lowest BCUT2D eigenvalue weighted by Gasteiger charge is -2.34. The van der Waals surface area contributed by atoms with Crippen LogP contribution in [-0.2, 0) is 22.7 Å². The summed E-state index contributed by atoms with van der Waals surface area (Å²) in [5, 5.41) is 7.01. The first kappa shape index (κ1) is 16.4. The number of hydrogen-bond donors (Lipinski definition) is 0. The lowest BCUT2D eigenvalue weighted by atomic mass is 10.1. The number of pyridine rings is 1. The molecule has 7 nitrogen and oxygen atoms in total. The van der Waals surface area contributed by atoms with Gasteiger partial charge in [-0.3, -0.25) is 24.2 Å². The van der Waals surface area contributed by atoms with E-state index in [-0.39, 0.29) is 11.9 Å². The van der Waals surface area contributed by atoms with Crippen LogP contribution in [0.5, 0.6) is 0 Å². The number of amides is 1. The van der Waals surface area contributed by atoms with E-state index in [0.29, 0.717) is 26.2 Å². The first-order chi connectivity index (χ1) is 13.3. The Morgan fingerprint density at radius 3 is 3.00 bits per heavy atom. The number of fused-ring (bicyclic) bond motifs is 2. The number of carbonyl (C=O) groups is 1. The van der Waals surface area contributed by atoms with Gasteiger partial charge in [-0.15, -0.1) is 0 Å². The van der Waals surface area contributed by atoms with Gasteiger partial charge < -0.3 is 0 Å². The third kappa shape index (κ3) is 3.09. The van der Waals surface area contributed by atoms with E-state index in [0.717, 1.165) is 35.3 Å². The van der Waals surface area contributed by atoms with Crippen LogP contribution < -0.4 is 0 Å². The summed E-state index contributed by atoms with van der Waals surface area (Å²) in [7, 11) is 0. The van der Waals surface area contributed by atoms with Crippen molar-refractivity contribution >= 4 is 16.8 Å². The largest absolute Gasteiger partial charge is 0.289 e. The van der Waals surface area contributed by atoms with Crippen LogP contribution in [0.4, 0.5) is 0 Å².